The molecule has 0 saturated heterocycles. The number of amides is 3. The highest BCUT2D eigenvalue weighted by Gasteiger charge is 2.21. The monoisotopic (exact) mass is 365 g/mol. The molecule has 0 rings (SSSR count). The Morgan fingerprint density at radius 2 is 1.87 bits per heavy atom. The molecule has 0 heterocycles. The summed E-state index contributed by atoms with van der Waals surface area (Å²) in [5, 5.41) is 7.67. The van der Waals surface area contributed by atoms with Crippen LogP contribution >= 0.6 is 24.4 Å². The lowest BCUT2D eigenvalue weighted by atomic mass is 10.2. The molecule has 0 bridgehead atoms. The van der Waals surface area contributed by atoms with E-state index in [4.69, 9.17) is 4.74 Å². The predicted molar refractivity (Wildman–Crippen MR) is 96.0 cm³/mol. The van der Waals surface area contributed by atoms with Crippen molar-refractivity contribution in [3.63, 3.8) is 0 Å². The van der Waals surface area contributed by atoms with E-state index in [2.05, 4.69) is 28.6 Å². The van der Waals surface area contributed by atoms with E-state index in [0.717, 1.165) is 5.75 Å². The van der Waals surface area contributed by atoms with Crippen molar-refractivity contribution < 1.29 is 19.1 Å². The van der Waals surface area contributed by atoms with Crippen molar-refractivity contribution in [2.45, 2.75) is 38.8 Å². The largest absolute Gasteiger partial charge is 0.444 e. The van der Waals surface area contributed by atoms with Crippen LogP contribution in [0.1, 0.15) is 27.2 Å². The summed E-state index contributed by atoms with van der Waals surface area (Å²) in [6.45, 7) is 5.39. The van der Waals surface area contributed by atoms with Crippen LogP contribution in [0.4, 0.5) is 4.79 Å². The molecule has 3 amide bonds. The van der Waals surface area contributed by atoms with E-state index in [1.165, 1.54) is 0 Å². The lowest BCUT2D eigenvalue weighted by Gasteiger charge is -2.20. The first kappa shape index (κ1) is 21.9. The van der Waals surface area contributed by atoms with Crippen LogP contribution in [0.15, 0.2) is 0 Å². The zero-order valence-corrected chi connectivity index (χ0v) is 15.8. The Bertz CT molecular complexity index is 400. The van der Waals surface area contributed by atoms with Gasteiger partial charge in [0.2, 0.25) is 11.8 Å². The molecule has 0 fully saturated rings. The molecule has 0 aliphatic carbocycles. The van der Waals surface area contributed by atoms with Crippen LogP contribution in [-0.2, 0) is 14.3 Å². The number of ether oxygens (including phenoxy) is 1. The van der Waals surface area contributed by atoms with Crippen molar-refractivity contribution in [1.82, 2.24) is 16.0 Å². The number of hydrogen-bond acceptors (Lipinski definition) is 6. The summed E-state index contributed by atoms with van der Waals surface area (Å²) in [5.74, 6) is 0.565. The Balaban J connectivity index is 4.36. The zero-order valence-electron chi connectivity index (χ0n) is 14.1. The van der Waals surface area contributed by atoms with E-state index in [1.54, 1.807) is 32.5 Å². The molecule has 0 spiro atoms. The van der Waals surface area contributed by atoms with Gasteiger partial charge in [0.1, 0.15) is 18.2 Å². The van der Waals surface area contributed by atoms with Gasteiger partial charge in [-0.2, -0.15) is 24.4 Å². The Morgan fingerprint density at radius 1 is 1.22 bits per heavy atom. The third kappa shape index (κ3) is 12.1. The number of thiol groups is 1. The second-order valence-corrected chi connectivity index (χ2v) is 7.20. The SMILES string of the molecule is CSCC[C@H](NC(=O)CNC(=O)OC(C)(C)C)C(=O)NCCS. The fourth-order valence-corrected chi connectivity index (χ4v) is 2.10. The minimum atomic E-state index is -0.673. The van der Waals surface area contributed by atoms with Gasteiger partial charge < -0.3 is 20.7 Å². The number of thioether (sulfide) groups is 1. The summed E-state index contributed by atoms with van der Waals surface area (Å²) in [5.41, 5.74) is -0.631. The van der Waals surface area contributed by atoms with Gasteiger partial charge in [0, 0.05) is 12.3 Å². The highest BCUT2D eigenvalue weighted by Crippen LogP contribution is 2.06. The summed E-state index contributed by atoms with van der Waals surface area (Å²) >= 11 is 5.61. The molecule has 1 atom stereocenters. The topological polar surface area (TPSA) is 96.5 Å². The first-order valence-corrected chi connectivity index (χ1v) is 9.36. The average molecular weight is 366 g/mol. The molecule has 3 N–H and O–H groups in total. The molecule has 0 aliphatic rings. The van der Waals surface area contributed by atoms with E-state index in [9.17, 15) is 14.4 Å². The van der Waals surface area contributed by atoms with Crippen LogP contribution in [0.3, 0.4) is 0 Å². The van der Waals surface area contributed by atoms with Gasteiger partial charge in [0.25, 0.3) is 0 Å². The molecule has 0 saturated carbocycles. The molecule has 0 radical (unpaired) electrons. The predicted octanol–water partition coefficient (Wildman–Crippen LogP) is 0.795. The minimum absolute atomic E-state index is 0.246. The van der Waals surface area contributed by atoms with Gasteiger partial charge in [-0.05, 0) is 39.2 Å². The van der Waals surface area contributed by atoms with Gasteiger partial charge >= 0.3 is 6.09 Å². The maximum Gasteiger partial charge on any atom is 0.408 e. The molecule has 134 valence electrons. The number of carbonyl (C=O) groups is 3. The van der Waals surface area contributed by atoms with Crippen molar-refractivity contribution >= 4 is 42.3 Å². The van der Waals surface area contributed by atoms with Crippen molar-refractivity contribution in [3.8, 4) is 0 Å². The summed E-state index contributed by atoms with van der Waals surface area (Å²) in [6, 6.07) is -0.629. The van der Waals surface area contributed by atoms with E-state index in [-0.39, 0.29) is 12.5 Å². The van der Waals surface area contributed by atoms with Gasteiger partial charge in [-0.3, -0.25) is 9.59 Å². The van der Waals surface area contributed by atoms with E-state index >= 15 is 0 Å². The van der Waals surface area contributed by atoms with Gasteiger partial charge in [-0.15, -0.1) is 0 Å². The van der Waals surface area contributed by atoms with Gasteiger partial charge in [-0.25, -0.2) is 4.79 Å². The maximum absolute atomic E-state index is 12.0. The van der Waals surface area contributed by atoms with Crippen LogP contribution in [-0.4, -0.2) is 60.4 Å². The van der Waals surface area contributed by atoms with Crippen molar-refractivity contribution in [1.29, 1.82) is 0 Å². The first-order valence-electron chi connectivity index (χ1n) is 7.33. The lowest BCUT2D eigenvalue weighted by molar-refractivity contribution is -0.128. The summed E-state index contributed by atoms with van der Waals surface area (Å²) < 4.78 is 5.04. The fraction of sp³-hybridized carbons (Fsp3) is 0.786. The normalized spacial score (nSPS) is 12.2. The van der Waals surface area contributed by atoms with Crippen LogP contribution in [0.5, 0.6) is 0 Å². The Morgan fingerprint density at radius 3 is 2.39 bits per heavy atom. The molecule has 7 nitrogen and oxygen atoms in total. The molecular weight excluding hydrogens is 338 g/mol. The Labute approximate surface area is 147 Å². The smallest absolute Gasteiger partial charge is 0.408 e. The number of hydrogen-bond donors (Lipinski definition) is 4. The molecule has 0 unspecified atom stereocenters. The zero-order chi connectivity index (χ0) is 17.9. The highest BCUT2D eigenvalue weighted by atomic mass is 32.2. The number of carbonyl (C=O) groups excluding carboxylic acids is 3. The number of nitrogens with one attached hydrogen (secondary N) is 3. The quantitative estimate of drug-likeness (QED) is 0.453. The van der Waals surface area contributed by atoms with E-state index < -0.39 is 23.6 Å². The van der Waals surface area contributed by atoms with Crippen LogP contribution in [0.25, 0.3) is 0 Å². The molecule has 9 heteroatoms. The average Bonchev–Trinajstić information content (AvgIpc) is 2.45. The lowest BCUT2D eigenvalue weighted by Crippen LogP contribution is -2.50. The molecule has 23 heavy (non-hydrogen) atoms. The molecule has 0 aromatic heterocycles. The van der Waals surface area contributed by atoms with Crippen LogP contribution < -0.4 is 16.0 Å². The molecule has 0 aliphatic heterocycles. The second kappa shape index (κ2) is 11.4. The second-order valence-electron chi connectivity index (χ2n) is 5.77. The number of alkyl carbamates (subject to hydrolysis) is 1. The first-order chi connectivity index (χ1) is 10.7. The Hall–Kier alpha value is -1.09. The van der Waals surface area contributed by atoms with Gasteiger partial charge in [0.05, 0.1) is 0 Å². The van der Waals surface area contributed by atoms with Crippen LogP contribution in [0, 0.1) is 0 Å². The van der Waals surface area contributed by atoms with Gasteiger partial charge in [0.15, 0.2) is 0 Å². The minimum Gasteiger partial charge on any atom is -0.444 e. The van der Waals surface area contributed by atoms with Crippen LogP contribution in [0.2, 0.25) is 0 Å². The highest BCUT2D eigenvalue weighted by molar-refractivity contribution is 7.98. The summed E-state index contributed by atoms with van der Waals surface area (Å²) in [6.07, 6.45) is 1.76. The van der Waals surface area contributed by atoms with Crippen molar-refractivity contribution in [3.05, 3.63) is 0 Å². The molecular formula is C14H27N3O4S2. The van der Waals surface area contributed by atoms with E-state index in [0.29, 0.717) is 18.7 Å². The summed E-state index contributed by atoms with van der Waals surface area (Å²) in [7, 11) is 0. The van der Waals surface area contributed by atoms with Crippen molar-refractivity contribution in [2.24, 2.45) is 0 Å². The Kier molecular flexibility index (Phi) is 10.9. The van der Waals surface area contributed by atoms with Gasteiger partial charge in [-0.1, -0.05) is 0 Å². The third-order valence-electron chi connectivity index (χ3n) is 2.47. The maximum atomic E-state index is 12.0. The summed E-state index contributed by atoms with van der Waals surface area (Å²) in [4.78, 5) is 35.4. The molecule has 0 aromatic rings. The number of rotatable bonds is 9. The molecule has 0 aromatic carbocycles. The van der Waals surface area contributed by atoms with Crippen molar-refractivity contribution in [2.75, 3.05) is 30.9 Å². The van der Waals surface area contributed by atoms with E-state index in [1.807, 2.05) is 6.26 Å². The standard InChI is InChI=1S/C14H27N3O4S2/c1-14(2,3)21-13(20)16-9-11(18)17-10(5-8-23-4)12(19)15-6-7-22/h10,22H,5-9H2,1-4H3,(H,15,19)(H,16,20)(H,17,18)/t10-/m0/s1. The third-order valence-corrected chi connectivity index (χ3v) is 3.33. The fourth-order valence-electron chi connectivity index (χ4n) is 1.52.